The molecule has 1 atom stereocenters. The van der Waals surface area contributed by atoms with E-state index < -0.39 is 10.8 Å². The van der Waals surface area contributed by atoms with Gasteiger partial charge in [0.25, 0.3) is 0 Å². The topological polar surface area (TPSA) is 35.5 Å². The highest BCUT2D eigenvalue weighted by molar-refractivity contribution is 5.76. The van der Waals surface area contributed by atoms with Crippen molar-refractivity contribution >= 4 is 5.97 Å². The number of para-hydroxylation sites is 1. The molecular weight excluding hydrogens is 276 g/mol. The van der Waals surface area contributed by atoms with Gasteiger partial charge >= 0.3 is 5.97 Å². The van der Waals surface area contributed by atoms with Crippen molar-refractivity contribution in [1.29, 1.82) is 0 Å². The Hall–Kier alpha value is -2.03. The lowest BCUT2D eigenvalue weighted by molar-refractivity contribution is -0.150. The Kier molecular flexibility index (Phi) is 4.45. The molecule has 0 N–H and O–H groups in total. The SMILES string of the molecule is C/C=C/C[C@]1(C)C(OC(=O)C(C)(C)C)=COc2ccccc21. The van der Waals surface area contributed by atoms with E-state index in [2.05, 4.69) is 13.0 Å². The van der Waals surface area contributed by atoms with Gasteiger partial charge in [-0.25, -0.2) is 0 Å². The van der Waals surface area contributed by atoms with Gasteiger partial charge < -0.3 is 9.47 Å². The molecule has 1 aliphatic rings. The Morgan fingerprint density at radius 2 is 2.00 bits per heavy atom. The maximum Gasteiger partial charge on any atom is 0.316 e. The van der Waals surface area contributed by atoms with Crippen LogP contribution in [-0.2, 0) is 14.9 Å². The standard InChI is InChI=1S/C19H24O3/c1-6-7-12-19(5)14-10-8-9-11-15(14)21-13-16(19)22-17(20)18(2,3)4/h6-11,13H,12H2,1-5H3/b7-6+/t19-/m0/s1. The minimum absolute atomic E-state index is 0.256. The second kappa shape index (κ2) is 5.99. The Bertz CT molecular complexity index is 620. The molecule has 22 heavy (non-hydrogen) atoms. The molecule has 0 saturated carbocycles. The average molecular weight is 300 g/mol. The second-order valence-electron chi connectivity index (χ2n) is 6.84. The van der Waals surface area contributed by atoms with Gasteiger partial charge in [0.1, 0.15) is 12.0 Å². The molecule has 0 aromatic heterocycles. The molecule has 118 valence electrons. The van der Waals surface area contributed by atoms with Gasteiger partial charge in [0.2, 0.25) is 0 Å². The second-order valence-corrected chi connectivity index (χ2v) is 6.84. The molecule has 0 fully saturated rings. The lowest BCUT2D eigenvalue weighted by atomic mass is 9.76. The van der Waals surface area contributed by atoms with Crippen LogP contribution in [0.3, 0.4) is 0 Å². The van der Waals surface area contributed by atoms with E-state index in [1.165, 1.54) is 0 Å². The number of hydrogen-bond donors (Lipinski definition) is 0. The van der Waals surface area contributed by atoms with Crippen molar-refractivity contribution in [3.8, 4) is 5.75 Å². The largest absolute Gasteiger partial charge is 0.461 e. The third-order valence-corrected chi connectivity index (χ3v) is 3.90. The maximum atomic E-state index is 12.3. The van der Waals surface area contributed by atoms with Crippen molar-refractivity contribution in [2.75, 3.05) is 0 Å². The molecule has 1 aliphatic heterocycles. The molecule has 3 nitrogen and oxygen atoms in total. The van der Waals surface area contributed by atoms with Crippen molar-refractivity contribution in [1.82, 2.24) is 0 Å². The number of rotatable bonds is 3. The molecule has 0 spiro atoms. The van der Waals surface area contributed by atoms with E-state index in [-0.39, 0.29) is 5.97 Å². The third kappa shape index (κ3) is 3.08. The Morgan fingerprint density at radius 1 is 1.32 bits per heavy atom. The van der Waals surface area contributed by atoms with Crippen molar-refractivity contribution in [3.05, 3.63) is 54.0 Å². The number of fused-ring (bicyclic) bond motifs is 1. The summed E-state index contributed by atoms with van der Waals surface area (Å²) in [6.07, 6.45) is 6.40. The van der Waals surface area contributed by atoms with Gasteiger partial charge in [0.15, 0.2) is 5.76 Å². The molecule has 1 aromatic rings. The van der Waals surface area contributed by atoms with Crippen LogP contribution in [0.25, 0.3) is 0 Å². The lowest BCUT2D eigenvalue weighted by Gasteiger charge is -2.35. The van der Waals surface area contributed by atoms with Crippen molar-refractivity contribution in [2.45, 2.75) is 46.5 Å². The Morgan fingerprint density at radius 3 is 2.64 bits per heavy atom. The number of hydrogen-bond acceptors (Lipinski definition) is 3. The van der Waals surface area contributed by atoms with E-state index in [0.717, 1.165) is 17.7 Å². The molecule has 0 saturated heterocycles. The van der Waals surface area contributed by atoms with Crippen molar-refractivity contribution < 1.29 is 14.3 Å². The molecular formula is C19H24O3. The van der Waals surface area contributed by atoms with E-state index in [0.29, 0.717) is 5.76 Å². The highest BCUT2D eigenvalue weighted by Crippen LogP contribution is 2.44. The van der Waals surface area contributed by atoms with Gasteiger partial charge in [-0.1, -0.05) is 30.4 Å². The summed E-state index contributed by atoms with van der Waals surface area (Å²) in [5, 5.41) is 0. The number of esters is 1. The van der Waals surface area contributed by atoms with Crippen LogP contribution >= 0.6 is 0 Å². The molecule has 0 radical (unpaired) electrons. The summed E-state index contributed by atoms with van der Waals surface area (Å²) in [5.74, 6) is 1.11. The third-order valence-electron chi connectivity index (χ3n) is 3.90. The zero-order chi connectivity index (χ0) is 16.4. The Labute approximate surface area is 132 Å². The van der Waals surface area contributed by atoms with Gasteiger partial charge in [-0.05, 0) is 47.1 Å². The molecule has 0 aliphatic carbocycles. The van der Waals surface area contributed by atoms with E-state index in [1.54, 1.807) is 6.26 Å². The summed E-state index contributed by atoms with van der Waals surface area (Å²) in [6, 6.07) is 7.87. The first-order valence-electron chi connectivity index (χ1n) is 7.59. The zero-order valence-corrected chi connectivity index (χ0v) is 14.0. The summed E-state index contributed by atoms with van der Waals surface area (Å²) >= 11 is 0. The predicted molar refractivity (Wildman–Crippen MR) is 87.5 cm³/mol. The maximum absolute atomic E-state index is 12.3. The smallest absolute Gasteiger partial charge is 0.316 e. The predicted octanol–water partition coefficient (Wildman–Crippen LogP) is 4.73. The van der Waals surface area contributed by atoms with Crippen molar-refractivity contribution in [3.63, 3.8) is 0 Å². The summed E-state index contributed by atoms with van der Waals surface area (Å²) in [6.45, 7) is 9.60. The van der Waals surface area contributed by atoms with Crippen LogP contribution in [0.2, 0.25) is 0 Å². The number of carbonyl (C=O) groups is 1. The summed E-state index contributed by atoms with van der Waals surface area (Å²) < 4.78 is 11.4. The molecule has 2 rings (SSSR count). The Balaban J connectivity index is 2.41. The fraction of sp³-hybridized carbons (Fsp3) is 0.421. The first kappa shape index (κ1) is 16.3. The van der Waals surface area contributed by atoms with E-state index >= 15 is 0 Å². The number of carbonyl (C=O) groups excluding carboxylic acids is 1. The fourth-order valence-electron chi connectivity index (χ4n) is 2.36. The first-order chi connectivity index (χ1) is 10.3. The van der Waals surface area contributed by atoms with Crippen LogP contribution in [0, 0.1) is 5.41 Å². The van der Waals surface area contributed by atoms with Crippen LogP contribution in [0.1, 0.15) is 46.6 Å². The average Bonchev–Trinajstić information content (AvgIpc) is 2.47. The number of allylic oxidation sites excluding steroid dienone is 3. The van der Waals surface area contributed by atoms with E-state index in [1.807, 2.05) is 58.0 Å². The van der Waals surface area contributed by atoms with Gasteiger partial charge in [-0.2, -0.15) is 0 Å². The molecule has 0 bridgehead atoms. The lowest BCUT2D eigenvalue weighted by Crippen LogP contribution is -2.33. The van der Waals surface area contributed by atoms with Crippen LogP contribution in [0.5, 0.6) is 5.75 Å². The van der Waals surface area contributed by atoms with E-state index in [4.69, 9.17) is 9.47 Å². The van der Waals surface area contributed by atoms with Gasteiger partial charge in [-0.3, -0.25) is 4.79 Å². The molecule has 1 aromatic carbocycles. The molecule has 0 amide bonds. The summed E-state index contributed by atoms with van der Waals surface area (Å²) in [5.41, 5.74) is 0.0639. The van der Waals surface area contributed by atoms with Crippen LogP contribution in [0.4, 0.5) is 0 Å². The highest BCUT2D eigenvalue weighted by atomic mass is 16.6. The fourth-order valence-corrected chi connectivity index (χ4v) is 2.36. The van der Waals surface area contributed by atoms with Gasteiger partial charge in [-0.15, -0.1) is 0 Å². The molecule has 0 unspecified atom stereocenters. The normalized spacial score (nSPS) is 21.0. The highest BCUT2D eigenvalue weighted by Gasteiger charge is 2.40. The zero-order valence-electron chi connectivity index (χ0n) is 14.0. The first-order valence-corrected chi connectivity index (χ1v) is 7.59. The number of ether oxygens (including phenoxy) is 2. The van der Waals surface area contributed by atoms with Gasteiger partial charge in [0, 0.05) is 5.56 Å². The number of benzene rings is 1. The molecule has 1 heterocycles. The summed E-state index contributed by atoms with van der Waals surface area (Å²) in [4.78, 5) is 12.3. The summed E-state index contributed by atoms with van der Waals surface area (Å²) in [7, 11) is 0. The monoisotopic (exact) mass is 300 g/mol. The van der Waals surface area contributed by atoms with Crippen LogP contribution in [-0.4, -0.2) is 5.97 Å². The van der Waals surface area contributed by atoms with Crippen LogP contribution in [0.15, 0.2) is 48.4 Å². The van der Waals surface area contributed by atoms with Gasteiger partial charge in [0.05, 0.1) is 10.8 Å². The molecule has 3 heteroatoms. The van der Waals surface area contributed by atoms with Crippen LogP contribution < -0.4 is 4.74 Å². The minimum atomic E-state index is -0.556. The minimum Gasteiger partial charge on any atom is -0.461 e. The quantitative estimate of drug-likeness (QED) is 0.598. The van der Waals surface area contributed by atoms with Crippen molar-refractivity contribution in [2.24, 2.45) is 5.41 Å². The van der Waals surface area contributed by atoms with E-state index in [9.17, 15) is 4.79 Å².